The molecule has 0 bridgehead atoms. The zero-order chi connectivity index (χ0) is 18.1. The minimum absolute atomic E-state index is 0.0930. The van der Waals surface area contributed by atoms with Crippen molar-refractivity contribution >= 4 is 11.8 Å². The topological polar surface area (TPSA) is 73.6 Å². The second-order valence-corrected chi connectivity index (χ2v) is 6.22. The van der Waals surface area contributed by atoms with Gasteiger partial charge in [-0.25, -0.2) is 0 Å². The van der Waals surface area contributed by atoms with Crippen molar-refractivity contribution in [3.63, 3.8) is 0 Å². The molecule has 0 spiro atoms. The van der Waals surface area contributed by atoms with E-state index in [9.17, 15) is 9.59 Å². The summed E-state index contributed by atoms with van der Waals surface area (Å²) >= 11 is 0. The Bertz CT molecular complexity index is 622. The van der Waals surface area contributed by atoms with E-state index in [0.29, 0.717) is 45.6 Å². The van der Waals surface area contributed by atoms with Crippen LogP contribution >= 0.6 is 0 Å². The number of carbonyl (C=O) groups is 2. The van der Waals surface area contributed by atoms with Gasteiger partial charge in [-0.3, -0.25) is 9.59 Å². The maximum atomic E-state index is 12.3. The largest absolute Gasteiger partial charge is 0.494 e. The highest BCUT2D eigenvalue weighted by Crippen LogP contribution is 2.12. The standard InChI is InChI=1S/C19H25N3O3/c1-16-5-7-17(8-6-16)25-15-2-4-18(23)21-11-3-12-22(14-13-21)19(24)9-10-20/h5-8H,2-4,9,11-15H2,1H3. The maximum Gasteiger partial charge on any atom is 0.236 e. The first-order valence-electron chi connectivity index (χ1n) is 8.72. The van der Waals surface area contributed by atoms with E-state index in [1.165, 1.54) is 5.56 Å². The number of hydrogen-bond acceptors (Lipinski definition) is 4. The van der Waals surface area contributed by atoms with Crippen LogP contribution in [0.15, 0.2) is 24.3 Å². The predicted octanol–water partition coefficient (Wildman–Crippen LogP) is 2.13. The van der Waals surface area contributed by atoms with E-state index in [4.69, 9.17) is 10.00 Å². The van der Waals surface area contributed by atoms with Crippen LogP contribution in [0.4, 0.5) is 0 Å². The summed E-state index contributed by atoms with van der Waals surface area (Å²) in [5.41, 5.74) is 1.19. The molecule has 1 aliphatic heterocycles. The number of rotatable bonds is 6. The van der Waals surface area contributed by atoms with E-state index in [1.807, 2.05) is 42.2 Å². The second kappa shape index (κ2) is 9.67. The normalized spacial score (nSPS) is 14.6. The van der Waals surface area contributed by atoms with Gasteiger partial charge in [-0.05, 0) is 31.9 Å². The minimum Gasteiger partial charge on any atom is -0.494 e. The molecule has 0 atom stereocenters. The van der Waals surface area contributed by atoms with Crippen molar-refractivity contribution in [3.8, 4) is 11.8 Å². The Hall–Kier alpha value is -2.55. The Morgan fingerprint density at radius 1 is 1.08 bits per heavy atom. The smallest absolute Gasteiger partial charge is 0.236 e. The van der Waals surface area contributed by atoms with Crippen molar-refractivity contribution in [3.05, 3.63) is 29.8 Å². The van der Waals surface area contributed by atoms with Crippen molar-refractivity contribution in [2.75, 3.05) is 32.8 Å². The van der Waals surface area contributed by atoms with Crippen LogP contribution in [0.1, 0.15) is 31.2 Å². The molecule has 6 nitrogen and oxygen atoms in total. The lowest BCUT2D eigenvalue weighted by Crippen LogP contribution is -2.37. The molecular weight excluding hydrogens is 318 g/mol. The molecule has 0 saturated carbocycles. The number of benzene rings is 1. The van der Waals surface area contributed by atoms with Gasteiger partial charge in [0, 0.05) is 32.6 Å². The number of amides is 2. The summed E-state index contributed by atoms with van der Waals surface area (Å²) in [5, 5.41) is 8.62. The number of aryl methyl sites for hydroxylation is 1. The zero-order valence-corrected chi connectivity index (χ0v) is 14.7. The SMILES string of the molecule is Cc1ccc(OCCCC(=O)N2CCCN(C(=O)CC#N)CC2)cc1. The Morgan fingerprint density at radius 2 is 1.72 bits per heavy atom. The summed E-state index contributed by atoms with van der Waals surface area (Å²) in [4.78, 5) is 27.6. The molecular formula is C19H25N3O3. The Balaban J connectivity index is 1.69. The number of carbonyl (C=O) groups excluding carboxylic acids is 2. The third kappa shape index (κ3) is 6.11. The summed E-state index contributed by atoms with van der Waals surface area (Å²) in [7, 11) is 0. The van der Waals surface area contributed by atoms with Gasteiger partial charge in [0.1, 0.15) is 12.2 Å². The van der Waals surface area contributed by atoms with Gasteiger partial charge < -0.3 is 14.5 Å². The van der Waals surface area contributed by atoms with Gasteiger partial charge in [0.05, 0.1) is 12.7 Å². The number of nitrogens with zero attached hydrogens (tertiary/aromatic N) is 3. The van der Waals surface area contributed by atoms with Crippen molar-refractivity contribution in [2.45, 2.75) is 32.6 Å². The van der Waals surface area contributed by atoms with E-state index >= 15 is 0 Å². The molecule has 2 rings (SSSR count). The van der Waals surface area contributed by atoms with E-state index < -0.39 is 0 Å². The van der Waals surface area contributed by atoms with Gasteiger partial charge in [0.2, 0.25) is 11.8 Å². The molecule has 2 amide bonds. The van der Waals surface area contributed by atoms with Crippen LogP contribution in [0.25, 0.3) is 0 Å². The summed E-state index contributed by atoms with van der Waals surface area (Å²) in [6, 6.07) is 9.74. The molecule has 134 valence electrons. The second-order valence-electron chi connectivity index (χ2n) is 6.22. The van der Waals surface area contributed by atoms with Crippen molar-refractivity contribution in [1.82, 2.24) is 9.80 Å². The van der Waals surface area contributed by atoms with E-state index in [1.54, 1.807) is 4.90 Å². The van der Waals surface area contributed by atoms with Gasteiger partial charge >= 0.3 is 0 Å². The predicted molar refractivity (Wildman–Crippen MR) is 93.9 cm³/mol. The van der Waals surface area contributed by atoms with Gasteiger partial charge in [-0.1, -0.05) is 17.7 Å². The molecule has 1 aliphatic rings. The number of hydrogen-bond donors (Lipinski definition) is 0. The highest BCUT2D eigenvalue weighted by Gasteiger charge is 2.21. The van der Waals surface area contributed by atoms with Crippen LogP contribution in [0, 0.1) is 18.3 Å². The molecule has 1 aromatic rings. The first kappa shape index (κ1) is 18.8. The van der Waals surface area contributed by atoms with E-state index in [2.05, 4.69) is 0 Å². The summed E-state index contributed by atoms with van der Waals surface area (Å²) in [5.74, 6) is 0.768. The Labute approximate surface area is 149 Å². The van der Waals surface area contributed by atoms with Gasteiger partial charge in [0.15, 0.2) is 0 Å². The third-order valence-electron chi connectivity index (χ3n) is 4.26. The zero-order valence-electron chi connectivity index (χ0n) is 14.7. The average Bonchev–Trinajstić information content (AvgIpc) is 2.86. The molecule has 1 aromatic carbocycles. The molecule has 0 N–H and O–H groups in total. The molecule has 25 heavy (non-hydrogen) atoms. The average molecular weight is 343 g/mol. The van der Waals surface area contributed by atoms with Crippen LogP contribution in [0.5, 0.6) is 5.75 Å². The molecule has 6 heteroatoms. The van der Waals surface area contributed by atoms with E-state index in [-0.39, 0.29) is 18.2 Å². The quantitative estimate of drug-likeness (QED) is 0.742. The lowest BCUT2D eigenvalue weighted by atomic mass is 10.2. The van der Waals surface area contributed by atoms with Gasteiger partial charge in [-0.15, -0.1) is 0 Å². The fourth-order valence-corrected chi connectivity index (χ4v) is 2.80. The molecule has 1 saturated heterocycles. The molecule has 0 radical (unpaired) electrons. The fraction of sp³-hybridized carbons (Fsp3) is 0.526. The number of nitriles is 1. The lowest BCUT2D eigenvalue weighted by molar-refractivity contribution is -0.133. The third-order valence-corrected chi connectivity index (χ3v) is 4.26. The highest BCUT2D eigenvalue weighted by atomic mass is 16.5. The van der Waals surface area contributed by atoms with Gasteiger partial charge in [-0.2, -0.15) is 5.26 Å². The van der Waals surface area contributed by atoms with Gasteiger partial charge in [0.25, 0.3) is 0 Å². The molecule has 0 aliphatic carbocycles. The van der Waals surface area contributed by atoms with E-state index in [0.717, 1.165) is 12.2 Å². The fourth-order valence-electron chi connectivity index (χ4n) is 2.80. The molecule has 0 unspecified atom stereocenters. The molecule has 0 aromatic heterocycles. The van der Waals surface area contributed by atoms with Crippen molar-refractivity contribution in [1.29, 1.82) is 5.26 Å². The Kier molecular flexibility index (Phi) is 7.27. The maximum absolute atomic E-state index is 12.3. The number of ether oxygens (including phenoxy) is 1. The van der Waals surface area contributed by atoms with Crippen LogP contribution in [0.3, 0.4) is 0 Å². The first-order chi connectivity index (χ1) is 12.1. The lowest BCUT2D eigenvalue weighted by Gasteiger charge is -2.21. The summed E-state index contributed by atoms with van der Waals surface area (Å²) < 4.78 is 5.64. The minimum atomic E-state index is -0.150. The summed E-state index contributed by atoms with van der Waals surface area (Å²) in [6.45, 7) is 4.85. The molecule has 1 heterocycles. The first-order valence-corrected chi connectivity index (χ1v) is 8.72. The van der Waals surface area contributed by atoms with Crippen LogP contribution in [0.2, 0.25) is 0 Å². The van der Waals surface area contributed by atoms with Crippen molar-refractivity contribution in [2.24, 2.45) is 0 Å². The summed E-state index contributed by atoms with van der Waals surface area (Å²) in [6.07, 6.45) is 1.77. The highest BCUT2D eigenvalue weighted by molar-refractivity contribution is 5.79. The molecule has 1 fully saturated rings. The van der Waals surface area contributed by atoms with Crippen LogP contribution in [-0.4, -0.2) is 54.4 Å². The van der Waals surface area contributed by atoms with Crippen LogP contribution < -0.4 is 4.74 Å². The Morgan fingerprint density at radius 3 is 2.36 bits per heavy atom. The van der Waals surface area contributed by atoms with Crippen LogP contribution in [-0.2, 0) is 9.59 Å². The van der Waals surface area contributed by atoms with Crippen molar-refractivity contribution < 1.29 is 14.3 Å². The monoisotopic (exact) mass is 343 g/mol.